The maximum Gasteiger partial charge on any atom is 0.169 e. The first-order valence-electron chi connectivity index (χ1n) is 5.38. The quantitative estimate of drug-likeness (QED) is 0.743. The fraction of sp³-hybridized carbons (Fsp3) is 0.500. The Labute approximate surface area is 89.9 Å². The van der Waals surface area contributed by atoms with Gasteiger partial charge in [-0.1, -0.05) is 0 Å². The van der Waals surface area contributed by atoms with E-state index in [-0.39, 0.29) is 17.7 Å². The van der Waals surface area contributed by atoms with Gasteiger partial charge >= 0.3 is 0 Å². The minimum atomic E-state index is 0.118. The predicted octanol–water partition coefficient (Wildman–Crippen LogP) is 1.57. The third kappa shape index (κ3) is 1.92. The van der Waals surface area contributed by atoms with Crippen molar-refractivity contribution >= 4 is 5.78 Å². The Morgan fingerprint density at radius 1 is 1.60 bits per heavy atom. The summed E-state index contributed by atoms with van der Waals surface area (Å²) in [6.07, 6.45) is 4.35. The summed E-state index contributed by atoms with van der Waals surface area (Å²) in [6, 6.07) is 2.18. The number of nitrogens with one attached hydrogen (secondary N) is 1. The van der Waals surface area contributed by atoms with E-state index < -0.39 is 0 Å². The molecule has 0 amide bonds. The van der Waals surface area contributed by atoms with Gasteiger partial charge in [-0.05, 0) is 38.4 Å². The van der Waals surface area contributed by atoms with Crippen molar-refractivity contribution in [2.24, 2.45) is 5.92 Å². The molecule has 2 heterocycles. The van der Waals surface area contributed by atoms with Gasteiger partial charge in [0.05, 0.1) is 0 Å². The standard InChI is InChI=1S/C12H16N2O/c1-8-3-5-13-7-11(8)12(15)10-4-6-14-9(10)2/h3,5,7,9-10,14H,4,6H2,1-2H3. The van der Waals surface area contributed by atoms with E-state index in [2.05, 4.69) is 17.2 Å². The molecule has 1 aliphatic rings. The van der Waals surface area contributed by atoms with Crippen LogP contribution < -0.4 is 5.32 Å². The van der Waals surface area contributed by atoms with Crippen molar-refractivity contribution < 1.29 is 4.79 Å². The number of carbonyl (C=O) groups excluding carboxylic acids is 1. The molecule has 0 aromatic carbocycles. The fourth-order valence-corrected chi connectivity index (χ4v) is 2.14. The predicted molar refractivity (Wildman–Crippen MR) is 58.9 cm³/mol. The van der Waals surface area contributed by atoms with Gasteiger partial charge in [-0.2, -0.15) is 0 Å². The highest BCUT2D eigenvalue weighted by Crippen LogP contribution is 2.21. The zero-order valence-electron chi connectivity index (χ0n) is 9.16. The van der Waals surface area contributed by atoms with E-state index in [0.29, 0.717) is 0 Å². The largest absolute Gasteiger partial charge is 0.313 e. The van der Waals surface area contributed by atoms with Gasteiger partial charge in [0.2, 0.25) is 0 Å². The second-order valence-corrected chi connectivity index (χ2v) is 4.19. The fourth-order valence-electron chi connectivity index (χ4n) is 2.14. The van der Waals surface area contributed by atoms with Gasteiger partial charge < -0.3 is 5.32 Å². The van der Waals surface area contributed by atoms with Crippen molar-refractivity contribution in [2.75, 3.05) is 6.54 Å². The monoisotopic (exact) mass is 204 g/mol. The molecule has 0 aliphatic carbocycles. The lowest BCUT2D eigenvalue weighted by Gasteiger charge is -2.14. The van der Waals surface area contributed by atoms with Gasteiger partial charge in [-0.3, -0.25) is 9.78 Å². The molecule has 2 atom stereocenters. The van der Waals surface area contributed by atoms with Gasteiger partial charge in [-0.25, -0.2) is 0 Å². The number of nitrogens with zero attached hydrogens (tertiary/aromatic N) is 1. The SMILES string of the molecule is Cc1ccncc1C(=O)C1CCNC1C. The van der Waals surface area contributed by atoms with Crippen molar-refractivity contribution in [3.63, 3.8) is 0 Å². The molecule has 0 saturated carbocycles. The molecule has 1 aliphatic heterocycles. The lowest BCUT2D eigenvalue weighted by atomic mass is 9.91. The van der Waals surface area contributed by atoms with Crippen LogP contribution in [-0.2, 0) is 0 Å². The maximum absolute atomic E-state index is 12.2. The topological polar surface area (TPSA) is 42.0 Å². The highest BCUT2D eigenvalue weighted by molar-refractivity contribution is 5.99. The summed E-state index contributed by atoms with van der Waals surface area (Å²) in [5.41, 5.74) is 1.80. The van der Waals surface area contributed by atoms with Crippen LogP contribution in [0.1, 0.15) is 29.3 Å². The summed E-state index contributed by atoms with van der Waals surface area (Å²) in [7, 11) is 0. The zero-order chi connectivity index (χ0) is 10.8. The van der Waals surface area contributed by atoms with E-state index in [1.54, 1.807) is 12.4 Å². The highest BCUT2D eigenvalue weighted by Gasteiger charge is 2.30. The molecule has 1 aromatic rings. The molecule has 1 aromatic heterocycles. The number of Topliss-reactive ketones (excluding diaryl/α,β-unsaturated/α-hetero) is 1. The average Bonchev–Trinajstić information content (AvgIpc) is 2.64. The van der Waals surface area contributed by atoms with Crippen molar-refractivity contribution in [3.05, 3.63) is 29.6 Å². The van der Waals surface area contributed by atoms with Crippen LogP contribution in [0.3, 0.4) is 0 Å². The van der Waals surface area contributed by atoms with E-state index in [0.717, 1.165) is 24.1 Å². The summed E-state index contributed by atoms with van der Waals surface area (Å²) in [5, 5.41) is 3.30. The summed E-state index contributed by atoms with van der Waals surface area (Å²) in [4.78, 5) is 16.2. The van der Waals surface area contributed by atoms with Crippen molar-refractivity contribution in [1.29, 1.82) is 0 Å². The van der Waals surface area contributed by atoms with Gasteiger partial charge in [0.15, 0.2) is 5.78 Å². The molecule has 0 spiro atoms. The molecule has 3 nitrogen and oxygen atoms in total. The third-order valence-electron chi connectivity index (χ3n) is 3.17. The molecule has 2 unspecified atom stereocenters. The number of carbonyl (C=O) groups is 1. The highest BCUT2D eigenvalue weighted by atomic mass is 16.1. The third-order valence-corrected chi connectivity index (χ3v) is 3.17. The second-order valence-electron chi connectivity index (χ2n) is 4.19. The van der Waals surface area contributed by atoms with Crippen LogP contribution in [0.4, 0.5) is 0 Å². The molecular formula is C12H16N2O. The van der Waals surface area contributed by atoms with Gasteiger partial charge in [-0.15, -0.1) is 0 Å². The summed E-state index contributed by atoms with van der Waals surface area (Å²) < 4.78 is 0. The van der Waals surface area contributed by atoms with E-state index in [1.807, 2.05) is 13.0 Å². The molecule has 2 rings (SSSR count). The Morgan fingerprint density at radius 3 is 3.00 bits per heavy atom. The summed E-state index contributed by atoms with van der Waals surface area (Å²) in [5.74, 6) is 0.353. The van der Waals surface area contributed by atoms with Gasteiger partial charge in [0, 0.05) is 29.9 Å². The maximum atomic E-state index is 12.2. The molecule has 1 saturated heterocycles. The van der Waals surface area contributed by atoms with Crippen LogP contribution in [0.5, 0.6) is 0 Å². The smallest absolute Gasteiger partial charge is 0.169 e. The molecule has 15 heavy (non-hydrogen) atoms. The first-order valence-corrected chi connectivity index (χ1v) is 5.38. The number of hydrogen-bond acceptors (Lipinski definition) is 3. The van der Waals surface area contributed by atoms with E-state index in [1.165, 1.54) is 0 Å². The molecule has 1 N–H and O–H groups in total. The Kier molecular flexibility index (Phi) is 2.82. The first kappa shape index (κ1) is 10.3. The number of pyridine rings is 1. The van der Waals surface area contributed by atoms with Crippen LogP contribution >= 0.6 is 0 Å². The van der Waals surface area contributed by atoms with Crippen LogP contribution in [-0.4, -0.2) is 23.4 Å². The molecule has 1 fully saturated rings. The number of aromatic nitrogens is 1. The van der Waals surface area contributed by atoms with E-state index in [9.17, 15) is 4.79 Å². The number of aryl methyl sites for hydroxylation is 1. The van der Waals surface area contributed by atoms with E-state index in [4.69, 9.17) is 0 Å². The first-order chi connectivity index (χ1) is 7.20. The lowest BCUT2D eigenvalue weighted by Crippen LogP contribution is -2.28. The number of hydrogen-bond donors (Lipinski definition) is 1. The van der Waals surface area contributed by atoms with Crippen molar-refractivity contribution in [2.45, 2.75) is 26.3 Å². The Balaban J connectivity index is 2.24. The normalized spacial score (nSPS) is 25.5. The summed E-state index contributed by atoms with van der Waals surface area (Å²) >= 11 is 0. The molecular weight excluding hydrogens is 188 g/mol. The Hall–Kier alpha value is -1.22. The van der Waals surface area contributed by atoms with Crippen LogP contribution in [0, 0.1) is 12.8 Å². The molecule has 80 valence electrons. The van der Waals surface area contributed by atoms with Crippen LogP contribution in [0.15, 0.2) is 18.5 Å². The second kappa shape index (κ2) is 4.11. The number of ketones is 1. The Morgan fingerprint density at radius 2 is 2.40 bits per heavy atom. The zero-order valence-corrected chi connectivity index (χ0v) is 9.16. The van der Waals surface area contributed by atoms with Gasteiger partial charge in [0.1, 0.15) is 0 Å². The molecule has 0 radical (unpaired) electrons. The minimum absolute atomic E-state index is 0.118. The Bertz CT molecular complexity index is 376. The van der Waals surface area contributed by atoms with Crippen molar-refractivity contribution in [3.8, 4) is 0 Å². The summed E-state index contributed by atoms with van der Waals surface area (Å²) in [6.45, 7) is 4.97. The van der Waals surface area contributed by atoms with Crippen LogP contribution in [0.2, 0.25) is 0 Å². The lowest BCUT2D eigenvalue weighted by molar-refractivity contribution is 0.0913. The number of rotatable bonds is 2. The van der Waals surface area contributed by atoms with Crippen LogP contribution in [0.25, 0.3) is 0 Å². The van der Waals surface area contributed by atoms with Gasteiger partial charge in [0.25, 0.3) is 0 Å². The molecule has 0 bridgehead atoms. The minimum Gasteiger partial charge on any atom is -0.313 e. The van der Waals surface area contributed by atoms with E-state index >= 15 is 0 Å². The average molecular weight is 204 g/mol. The molecule has 3 heteroatoms. The van der Waals surface area contributed by atoms with Crippen molar-refractivity contribution in [1.82, 2.24) is 10.3 Å².